The van der Waals surface area contributed by atoms with Gasteiger partial charge in [0.25, 0.3) is 7.59 Å². The number of hydrogen-bond acceptors (Lipinski definition) is 8. The van der Waals surface area contributed by atoms with Crippen molar-refractivity contribution in [2.45, 2.75) is 57.2 Å². The molecule has 17 nitrogen and oxygen atoms in total. The van der Waals surface area contributed by atoms with Crippen LogP contribution >= 0.6 is 7.59 Å². The number of amides is 2. The molecule has 0 aliphatic heterocycles. The summed E-state index contributed by atoms with van der Waals surface area (Å²) in [6, 6.07) is -3.33. The van der Waals surface area contributed by atoms with Crippen molar-refractivity contribution >= 4 is 41.6 Å². The Morgan fingerprint density at radius 2 is 1.68 bits per heavy atom. The second-order valence-corrected chi connectivity index (χ2v) is 10.6. The van der Waals surface area contributed by atoms with E-state index in [2.05, 4.69) is 20.7 Å². The van der Waals surface area contributed by atoms with E-state index in [9.17, 15) is 32.5 Å². The van der Waals surface area contributed by atoms with E-state index in [0.29, 0.717) is 19.4 Å². The van der Waals surface area contributed by atoms with Crippen LogP contribution in [-0.2, 0) is 29.3 Å². The largest absolute Gasteiger partial charge is 0.480 e. The van der Waals surface area contributed by atoms with Crippen LogP contribution in [0.3, 0.4) is 0 Å². The van der Waals surface area contributed by atoms with Gasteiger partial charge in [-0.25, -0.2) is 9.88 Å². The number of guanidine groups is 1. The zero-order valence-electron chi connectivity index (χ0n) is 18.6. The zero-order valence-corrected chi connectivity index (χ0v) is 20.3. The first kappa shape index (κ1) is 31.7. The molecule has 0 aromatic carbocycles. The molecule has 0 aliphatic rings. The molecule has 0 aromatic heterocycles. The molecule has 4 atom stereocenters. The van der Waals surface area contributed by atoms with Crippen LogP contribution in [0.5, 0.6) is 0 Å². The molecular weight excluding hydrogens is 497 g/mol. The Morgan fingerprint density at radius 1 is 1.06 bits per heavy atom. The number of carbonyl (C=O) groups excluding carboxylic acids is 2. The van der Waals surface area contributed by atoms with E-state index in [0.717, 1.165) is 0 Å². The van der Waals surface area contributed by atoms with Crippen LogP contribution in [0.4, 0.5) is 0 Å². The number of carboxylic acids is 1. The molecule has 0 heterocycles. The van der Waals surface area contributed by atoms with Crippen LogP contribution < -0.4 is 42.9 Å². The average Bonchev–Trinajstić information content (AvgIpc) is 2.67. The highest BCUT2D eigenvalue weighted by Gasteiger charge is 2.25. The van der Waals surface area contributed by atoms with Crippen LogP contribution in [0, 0.1) is 0 Å². The van der Waals surface area contributed by atoms with Gasteiger partial charge in [-0.3, -0.25) is 29.2 Å². The van der Waals surface area contributed by atoms with Crippen LogP contribution in [0.1, 0.15) is 39.0 Å². The second kappa shape index (κ2) is 14.8. The average molecular weight is 532 g/mol. The Labute approximate surface area is 197 Å². The van der Waals surface area contributed by atoms with E-state index < -0.39 is 53.8 Å². The maximum Gasteiger partial charge on any atom is 0.341 e. The summed E-state index contributed by atoms with van der Waals surface area (Å²) in [6.07, 6.45) is 1.27. The highest BCUT2D eigenvalue weighted by molar-refractivity contribution is 7.90. The summed E-state index contributed by atoms with van der Waals surface area (Å²) < 4.78 is 42.9. The lowest BCUT2D eigenvalue weighted by Crippen LogP contribution is -2.53. The lowest BCUT2D eigenvalue weighted by molar-refractivity contribution is -0.142. The fraction of sp³-hybridized carbons (Fsp3) is 0.733. The standard InChI is InChI=1S/C15H34N9O8PS/c1-9(12(25)23-11(14(27)28)6-2-3-7-20-15(17)18)22-13(26)10(16)5-4-8-21-33(19,29)24-34(30,31)32/h9-11H,2-8,16H2,1H3,(H,22,26)(H,23,25)(H,27,28)(H4,17,18,20)(H,30,31,32)(H4,19,21,24,29)/t9-,10-,11-,33-/m0/s1. The number of nitrogens with two attached hydrogens (primary N) is 4. The summed E-state index contributed by atoms with van der Waals surface area (Å²) in [5.41, 5.74) is 21.3. The van der Waals surface area contributed by atoms with Gasteiger partial charge in [0, 0.05) is 13.1 Å². The van der Waals surface area contributed by atoms with E-state index in [1.165, 1.54) is 11.4 Å². The van der Waals surface area contributed by atoms with Gasteiger partial charge in [-0.15, -0.1) is 4.49 Å². The van der Waals surface area contributed by atoms with Crippen LogP contribution in [0.2, 0.25) is 0 Å². The van der Waals surface area contributed by atoms with Crippen LogP contribution in [-0.4, -0.2) is 73.0 Å². The lowest BCUT2D eigenvalue weighted by Gasteiger charge is -2.20. The Bertz CT molecular complexity index is 881. The quantitative estimate of drug-likeness (QED) is 0.0289. The predicted octanol–water partition coefficient (Wildman–Crippen LogP) is -3.34. The normalized spacial score (nSPS) is 15.9. The van der Waals surface area contributed by atoms with E-state index >= 15 is 0 Å². The molecule has 0 rings (SSSR count). The van der Waals surface area contributed by atoms with Gasteiger partial charge in [0.1, 0.15) is 12.1 Å². The topological polar surface area (TPSA) is 307 Å². The van der Waals surface area contributed by atoms with Gasteiger partial charge in [-0.1, -0.05) is 0 Å². The van der Waals surface area contributed by atoms with Gasteiger partial charge in [0.05, 0.1) is 6.04 Å². The minimum atomic E-state index is -4.77. The summed E-state index contributed by atoms with van der Waals surface area (Å²) >= 11 is 0. The number of aliphatic carboxylic acids is 1. The minimum Gasteiger partial charge on any atom is -0.480 e. The van der Waals surface area contributed by atoms with Crippen molar-refractivity contribution < 1.29 is 37.0 Å². The number of carboxylic acid groups (broad SMARTS) is 1. The molecule has 0 radical (unpaired) electrons. The monoisotopic (exact) mass is 531 g/mol. The molecule has 19 heteroatoms. The van der Waals surface area contributed by atoms with Crippen molar-refractivity contribution in [1.29, 1.82) is 0 Å². The van der Waals surface area contributed by atoms with Gasteiger partial charge in [-0.05, 0) is 39.0 Å². The van der Waals surface area contributed by atoms with Crippen molar-refractivity contribution in [3.8, 4) is 0 Å². The van der Waals surface area contributed by atoms with E-state index in [1.807, 2.05) is 0 Å². The van der Waals surface area contributed by atoms with Crippen LogP contribution in [0.25, 0.3) is 0 Å². The molecule has 0 fully saturated rings. The van der Waals surface area contributed by atoms with Gasteiger partial charge in [-0.2, -0.15) is 8.42 Å². The van der Waals surface area contributed by atoms with Gasteiger partial charge in [0.2, 0.25) is 11.8 Å². The number of hydrogen-bond donors (Lipinski definition) is 10. The predicted molar refractivity (Wildman–Crippen MR) is 123 cm³/mol. The fourth-order valence-corrected chi connectivity index (χ4v) is 4.63. The lowest BCUT2D eigenvalue weighted by atomic mass is 10.1. The molecule has 0 aromatic rings. The summed E-state index contributed by atoms with van der Waals surface area (Å²) in [7, 11) is -8.84. The molecule has 0 spiro atoms. The first-order valence-corrected chi connectivity index (χ1v) is 13.3. The number of nitrogens with one attached hydrogen (secondary N) is 4. The fourth-order valence-electron chi connectivity index (χ4n) is 2.51. The SMILES string of the molecule is C[C@H](NC(=O)[C@@H](N)CCCN[P@](N)(=O)NS(=O)(=O)O)C(=O)N[C@@H](CCCCN=C(N)N)C(=O)O. The molecule has 0 saturated heterocycles. The maximum atomic E-state index is 12.3. The van der Waals surface area contributed by atoms with Crippen molar-refractivity contribution in [3.63, 3.8) is 0 Å². The first-order chi connectivity index (χ1) is 15.5. The second-order valence-electron chi connectivity index (χ2n) is 7.31. The smallest absolute Gasteiger partial charge is 0.341 e. The van der Waals surface area contributed by atoms with Crippen molar-refractivity contribution in [1.82, 2.24) is 20.2 Å². The number of aliphatic imine (C=N–C) groups is 1. The third kappa shape index (κ3) is 15.5. The summed E-state index contributed by atoms with van der Waals surface area (Å²) in [5, 5.41) is 16.2. The van der Waals surface area contributed by atoms with E-state index in [4.69, 9.17) is 27.3 Å². The summed E-state index contributed by atoms with van der Waals surface area (Å²) in [6.45, 7) is 1.57. The summed E-state index contributed by atoms with van der Waals surface area (Å²) in [4.78, 5) is 39.6. The van der Waals surface area contributed by atoms with Crippen molar-refractivity contribution in [3.05, 3.63) is 0 Å². The molecule has 0 saturated carbocycles. The number of carbonyl (C=O) groups is 3. The third-order valence-corrected chi connectivity index (χ3v) is 6.89. The third-order valence-electron chi connectivity index (χ3n) is 4.19. The van der Waals surface area contributed by atoms with Crippen molar-refractivity contribution in [2.75, 3.05) is 13.1 Å². The molecule has 0 aliphatic carbocycles. The Hall–Kier alpha value is -2.34. The number of nitrogens with zero attached hydrogens (tertiary/aromatic N) is 1. The van der Waals surface area contributed by atoms with Gasteiger partial charge < -0.3 is 32.9 Å². The molecular formula is C15H34N9O8PS. The van der Waals surface area contributed by atoms with Crippen molar-refractivity contribution in [2.24, 2.45) is 27.7 Å². The first-order valence-electron chi connectivity index (χ1n) is 10.1. The highest BCUT2D eigenvalue weighted by Crippen LogP contribution is 2.25. The molecule has 198 valence electrons. The van der Waals surface area contributed by atoms with E-state index in [-0.39, 0.29) is 31.8 Å². The Morgan fingerprint density at radius 3 is 2.21 bits per heavy atom. The van der Waals surface area contributed by atoms with Crippen LogP contribution in [0.15, 0.2) is 4.99 Å². The summed E-state index contributed by atoms with van der Waals surface area (Å²) in [5.74, 6) is -2.73. The minimum absolute atomic E-state index is 0.0482. The molecule has 2 amide bonds. The maximum absolute atomic E-state index is 12.3. The Kier molecular flexibility index (Phi) is 13.8. The van der Waals surface area contributed by atoms with E-state index in [1.54, 1.807) is 0 Å². The number of unbranched alkanes of at least 4 members (excludes halogenated alkanes) is 1. The molecule has 34 heavy (non-hydrogen) atoms. The number of rotatable bonds is 17. The molecule has 0 bridgehead atoms. The zero-order chi connectivity index (χ0) is 26.5. The Balaban J connectivity index is 4.47. The molecule has 14 N–H and O–H groups in total. The van der Waals surface area contributed by atoms with Gasteiger partial charge >= 0.3 is 16.3 Å². The highest BCUT2D eigenvalue weighted by atomic mass is 32.2. The molecule has 0 unspecified atom stereocenters. The van der Waals surface area contributed by atoms with Gasteiger partial charge in [0.15, 0.2) is 5.96 Å².